The summed E-state index contributed by atoms with van der Waals surface area (Å²) in [6, 6.07) is 3.99. The summed E-state index contributed by atoms with van der Waals surface area (Å²) in [5.41, 5.74) is 6.68. The van der Waals surface area contributed by atoms with E-state index in [-0.39, 0.29) is 28.3 Å². The molecule has 0 radical (unpaired) electrons. The number of nitrogen functional groups attached to an aromatic ring is 1. The first-order chi connectivity index (χ1) is 9.58. The van der Waals surface area contributed by atoms with E-state index in [4.69, 9.17) is 5.73 Å². The quantitative estimate of drug-likeness (QED) is 0.816. The molecule has 1 fully saturated rings. The fourth-order valence-electron chi connectivity index (χ4n) is 3.94. The highest BCUT2D eigenvalue weighted by Gasteiger charge is 2.39. The number of hydrogen-bond donors (Lipinski definition) is 2. The van der Waals surface area contributed by atoms with Crippen LogP contribution in [0.3, 0.4) is 0 Å². The van der Waals surface area contributed by atoms with Crippen LogP contribution in [0.2, 0.25) is 0 Å². The Balaban J connectivity index is 2.14. The van der Waals surface area contributed by atoms with Crippen LogP contribution >= 0.6 is 0 Å². The molecule has 0 saturated heterocycles. The Morgan fingerprint density at radius 2 is 1.81 bits per heavy atom. The van der Waals surface area contributed by atoms with Gasteiger partial charge in [-0.2, -0.15) is 0 Å². The molecule has 0 heterocycles. The van der Waals surface area contributed by atoms with Crippen molar-refractivity contribution in [1.82, 2.24) is 5.32 Å². The molecule has 1 aliphatic carbocycles. The first-order valence-electron chi connectivity index (χ1n) is 7.44. The van der Waals surface area contributed by atoms with Gasteiger partial charge in [-0.1, -0.05) is 27.7 Å². The topological polar surface area (TPSA) is 55.1 Å². The maximum absolute atomic E-state index is 13.3. The lowest BCUT2D eigenvalue weighted by atomic mass is 9.63. The predicted octanol–water partition coefficient (Wildman–Crippen LogP) is 3.74. The summed E-state index contributed by atoms with van der Waals surface area (Å²) in [5, 5.41) is 3.03. The molecule has 0 aliphatic heterocycles. The molecule has 0 unspecified atom stereocenters. The highest BCUT2D eigenvalue weighted by molar-refractivity contribution is 5.99. The monoisotopic (exact) mass is 292 g/mol. The van der Waals surface area contributed by atoms with Crippen LogP contribution in [0.15, 0.2) is 18.2 Å². The number of anilines is 1. The molecule has 3 N–H and O–H groups in total. The summed E-state index contributed by atoms with van der Waals surface area (Å²) in [4.78, 5) is 12.4. The standard InChI is InChI=1S/C17H25FN2O/c1-16(2)8-12(9-17(3,4)10-16)20-15(21)13-7-11(18)5-6-14(13)19/h5-7,12H,8-10,19H2,1-4H3,(H,20,21). The fourth-order valence-corrected chi connectivity index (χ4v) is 3.94. The Labute approximate surface area is 126 Å². The van der Waals surface area contributed by atoms with Gasteiger partial charge in [0.05, 0.1) is 5.56 Å². The smallest absolute Gasteiger partial charge is 0.253 e. The largest absolute Gasteiger partial charge is 0.398 e. The molecule has 1 amide bonds. The second kappa shape index (κ2) is 5.32. The van der Waals surface area contributed by atoms with Gasteiger partial charge in [-0.05, 0) is 48.3 Å². The van der Waals surface area contributed by atoms with Crippen molar-refractivity contribution in [3.63, 3.8) is 0 Å². The minimum Gasteiger partial charge on any atom is -0.398 e. The van der Waals surface area contributed by atoms with Crippen molar-refractivity contribution in [2.75, 3.05) is 5.73 Å². The lowest BCUT2D eigenvalue weighted by molar-refractivity contribution is 0.0714. The molecule has 21 heavy (non-hydrogen) atoms. The molecule has 0 spiro atoms. The Kier molecular flexibility index (Phi) is 4.00. The number of carbonyl (C=O) groups is 1. The van der Waals surface area contributed by atoms with Gasteiger partial charge in [-0.25, -0.2) is 4.39 Å². The van der Waals surface area contributed by atoms with Crippen LogP contribution in [0.5, 0.6) is 0 Å². The van der Waals surface area contributed by atoms with E-state index in [2.05, 4.69) is 33.0 Å². The first-order valence-corrected chi connectivity index (χ1v) is 7.44. The zero-order valence-electron chi connectivity index (χ0n) is 13.3. The molecular weight excluding hydrogens is 267 g/mol. The molecule has 1 aliphatic rings. The van der Waals surface area contributed by atoms with Crippen LogP contribution in [0.4, 0.5) is 10.1 Å². The summed E-state index contributed by atoms with van der Waals surface area (Å²) in [6.07, 6.45) is 2.99. The van der Waals surface area contributed by atoms with E-state index >= 15 is 0 Å². The maximum Gasteiger partial charge on any atom is 0.253 e. The number of hydrogen-bond acceptors (Lipinski definition) is 2. The molecule has 1 saturated carbocycles. The Hall–Kier alpha value is -1.58. The third kappa shape index (κ3) is 3.96. The summed E-state index contributed by atoms with van der Waals surface area (Å²) < 4.78 is 13.3. The number of nitrogens with two attached hydrogens (primary N) is 1. The number of halogens is 1. The third-order valence-corrected chi connectivity index (χ3v) is 4.15. The third-order valence-electron chi connectivity index (χ3n) is 4.15. The highest BCUT2D eigenvalue weighted by Crippen LogP contribution is 2.45. The van der Waals surface area contributed by atoms with Crippen molar-refractivity contribution >= 4 is 11.6 Å². The van der Waals surface area contributed by atoms with E-state index in [0.717, 1.165) is 19.3 Å². The van der Waals surface area contributed by atoms with Crippen molar-refractivity contribution < 1.29 is 9.18 Å². The second-order valence-electron chi connectivity index (χ2n) is 7.82. The fraction of sp³-hybridized carbons (Fsp3) is 0.588. The van der Waals surface area contributed by atoms with Crippen LogP contribution in [-0.2, 0) is 0 Å². The summed E-state index contributed by atoms with van der Waals surface area (Å²) in [7, 11) is 0. The van der Waals surface area contributed by atoms with Gasteiger partial charge in [0.1, 0.15) is 5.82 Å². The molecule has 2 rings (SSSR count). The number of rotatable bonds is 2. The first kappa shape index (κ1) is 15.8. The minimum absolute atomic E-state index is 0.0962. The van der Waals surface area contributed by atoms with Gasteiger partial charge in [0.25, 0.3) is 5.91 Å². The van der Waals surface area contributed by atoms with Gasteiger partial charge < -0.3 is 11.1 Å². The summed E-state index contributed by atoms with van der Waals surface area (Å²) >= 11 is 0. The van der Waals surface area contributed by atoms with Gasteiger partial charge in [-0.15, -0.1) is 0 Å². The van der Waals surface area contributed by atoms with Crippen molar-refractivity contribution in [3.8, 4) is 0 Å². The molecule has 0 aromatic heterocycles. The molecule has 1 aromatic carbocycles. The minimum atomic E-state index is -0.446. The zero-order chi connectivity index (χ0) is 15.8. The van der Waals surface area contributed by atoms with Crippen molar-refractivity contribution in [2.24, 2.45) is 10.8 Å². The lowest BCUT2D eigenvalue weighted by Gasteiger charge is -2.45. The van der Waals surface area contributed by atoms with Crippen LogP contribution in [0, 0.1) is 16.6 Å². The number of amides is 1. The molecule has 0 atom stereocenters. The van der Waals surface area contributed by atoms with E-state index in [0.29, 0.717) is 5.69 Å². The van der Waals surface area contributed by atoms with E-state index in [1.54, 1.807) is 0 Å². The Bertz CT molecular complexity index is 536. The van der Waals surface area contributed by atoms with Gasteiger partial charge in [-0.3, -0.25) is 4.79 Å². The van der Waals surface area contributed by atoms with Gasteiger partial charge in [0.2, 0.25) is 0 Å². The molecule has 3 nitrogen and oxygen atoms in total. The van der Waals surface area contributed by atoms with Gasteiger partial charge >= 0.3 is 0 Å². The van der Waals surface area contributed by atoms with E-state index in [9.17, 15) is 9.18 Å². The average molecular weight is 292 g/mol. The highest BCUT2D eigenvalue weighted by atomic mass is 19.1. The van der Waals surface area contributed by atoms with Crippen molar-refractivity contribution in [2.45, 2.75) is 53.0 Å². The molecule has 116 valence electrons. The van der Waals surface area contributed by atoms with Crippen LogP contribution < -0.4 is 11.1 Å². The molecule has 1 aromatic rings. The Morgan fingerprint density at radius 1 is 1.24 bits per heavy atom. The SMILES string of the molecule is CC1(C)CC(NC(=O)c2cc(F)ccc2N)CC(C)(C)C1. The van der Waals surface area contributed by atoms with Crippen molar-refractivity contribution in [3.05, 3.63) is 29.6 Å². The van der Waals surface area contributed by atoms with E-state index < -0.39 is 5.82 Å². The van der Waals surface area contributed by atoms with E-state index in [1.165, 1.54) is 18.2 Å². The average Bonchev–Trinajstić information content (AvgIpc) is 2.27. The number of benzene rings is 1. The second-order valence-corrected chi connectivity index (χ2v) is 7.82. The maximum atomic E-state index is 13.3. The van der Waals surface area contributed by atoms with Crippen LogP contribution in [0.25, 0.3) is 0 Å². The molecule has 4 heteroatoms. The molecule has 0 bridgehead atoms. The normalized spacial score (nSPS) is 21.0. The zero-order valence-corrected chi connectivity index (χ0v) is 13.3. The predicted molar refractivity (Wildman–Crippen MR) is 83.5 cm³/mol. The van der Waals surface area contributed by atoms with Crippen LogP contribution in [0.1, 0.15) is 57.3 Å². The molecular formula is C17H25FN2O. The summed E-state index contributed by atoms with van der Waals surface area (Å²) in [6.45, 7) is 8.90. The summed E-state index contributed by atoms with van der Waals surface area (Å²) in [5.74, 6) is -0.732. The number of nitrogens with one attached hydrogen (secondary N) is 1. The lowest BCUT2D eigenvalue weighted by Crippen LogP contribution is -2.46. The number of carbonyl (C=O) groups excluding carboxylic acids is 1. The van der Waals surface area contributed by atoms with Crippen LogP contribution in [-0.4, -0.2) is 11.9 Å². The Morgan fingerprint density at radius 3 is 2.38 bits per heavy atom. The van der Waals surface area contributed by atoms with E-state index in [1.807, 2.05) is 0 Å². The van der Waals surface area contributed by atoms with Gasteiger partial charge in [0.15, 0.2) is 0 Å². The van der Waals surface area contributed by atoms with Crippen molar-refractivity contribution in [1.29, 1.82) is 0 Å². The van der Waals surface area contributed by atoms with Gasteiger partial charge in [0, 0.05) is 11.7 Å².